The van der Waals surface area contributed by atoms with Crippen LogP contribution in [-0.2, 0) is 11.8 Å². The third-order valence-electron chi connectivity index (χ3n) is 5.55. The van der Waals surface area contributed by atoms with Crippen molar-refractivity contribution in [2.45, 2.75) is 32.3 Å². The number of carbonyl (C=O) groups is 1. The van der Waals surface area contributed by atoms with Crippen LogP contribution in [0.2, 0.25) is 0 Å². The maximum Gasteiger partial charge on any atom is 0.295 e. The molecule has 0 aliphatic heterocycles. The van der Waals surface area contributed by atoms with Gasteiger partial charge in [-0.05, 0) is 66.6 Å². The molecule has 0 atom stereocenters. The number of anilines is 1. The van der Waals surface area contributed by atoms with Crippen molar-refractivity contribution in [2.75, 3.05) is 11.1 Å². The highest BCUT2D eigenvalue weighted by Crippen LogP contribution is 2.21. The van der Waals surface area contributed by atoms with Gasteiger partial charge in [0.05, 0.1) is 17.1 Å². The number of nitrogens with zero attached hydrogens (tertiary/aromatic N) is 6. The third kappa shape index (κ3) is 4.61. The average Bonchev–Trinajstić information content (AvgIpc) is 3.35. The molecule has 4 rings (SSSR count). The topological polar surface area (TPSA) is 99.6 Å². The third-order valence-corrected chi connectivity index (χ3v) is 6.48. The Labute approximate surface area is 195 Å². The van der Waals surface area contributed by atoms with E-state index in [-0.39, 0.29) is 23.6 Å². The zero-order chi connectivity index (χ0) is 23.5. The van der Waals surface area contributed by atoms with E-state index in [0.29, 0.717) is 16.6 Å². The molecule has 2 aromatic carbocycles. The first-order chi connectivity index (χ1) is 15.9. The Morgan fingerprint density at radius 3 is 2.52 bits per heavy atom. The van der Waals surface area contributed by atoms with Crippen LogP contribution in [0.25, 0.3) is 11.4 Å². The van der Waals surface area contributed by atoms with Crippen molar-refractivity contribution in [3.05, 3.63) is 75.7 Å². The molecule has 170 valence electrons. The number of rotatable bonds is 7. The number of hydrogen-bond donors (Lipinski definition) is 1. The highest BCUT2D eigenvalue weighted by atomic mass is 32.2. The highest BCUT2D eigenvalue weighted by molar-refractivity contribution is 7.99. The quantitative estimate of drug-likeness (QED) is 0.423. The largest absolute Gasteiger partial charge is 0.320 e. The van der Waals surface area contributed by atoms with Gasteiger partial charge < -0.3 is 5.32 Å². The van der Waals surface area contributed by atoms with Gasteiger partial charge in [0.2, 0.25) is 11.1 Å². The molecule has 9 nitrogen and oxygen atoms in total. The molecule has 0 aliphatic rings. The van der Waals surface area contributed by atoms with Crippen molar-refractivity contribution in [3.8, 4) is 11.4 Å². The highest BCUT2D eigenvalue weighted by Gasteiger charge is 2.18. The molecule has 0 fully saturated rings. The Kier molecular flexibility index (Phi) is 6.45. The second-order valence-electron chi connectivity index (χ2n) is 7.72. The molecule has 0 aliphatic carbocycles. The van der Waals surface area contributed by atoms with Crippen LogP contribution >= 0.6 is 11.8 Å². The minimum Gasteiger partial charge on any atom is -0.320 e. The summed E-state index contributed by atoms with van der Waals surface area (Å²) in [5.41, 5.74) is 4.66. The summed E-state index contributed by atoms with van der Waals surface area (Å²) in [6.07, 6.45) is 0.212. The number of aryl methyl sites for hydroxylation is 2. The van der Waals surface area contributed by atoms with Crippen LogP contribution < -0.4 is 10.9 Å². The van der Waals surface area contributed by atoms with E-state index >= 15 is 0 Å². The molecule has 1 amide bonds. The first-order valence-electron chi connectivity index (χ1n) is 10.5. The molecule has 1 N–H and O–H groups in total. The van der Waals surface area contributed by atoms with Crippen molar-refractivity contribution in [1.29, 1.82) is 0 Å². The lowest BCUT2D eigenvalue weighted by molar-refractivity contribution is -0.115. The SMILES string of the molecule is Cc1ccc(-n2nnnc2SCCC(=O)Nc2c(C)n(C)n(-c3ccccc3)c2=O)cc1C. The summed E-state index contributed by atoms with van der Waals surface area (Å²) in [4.78, 5) is 25.6. The molecule has 0 spiro atoms. The van der Waals surface area contributed by atoms with Gasteiger partial charge in [-0.3, -0.25) is 14.3 Å². The first-order valence-corrected chi connectivity index (χ1v) is 11.5. The first kappa shape index (κ1) is 22.5. The van der Waals surface area contributed by atoms with Crippen molar-refractivity contribution >= 4 is 23.4 Å². The van der Waals surface area contributed by atoms with Crippen molar-refractivity contribution < 1.29 is 4.79 Å². The Balaban J connectivity index is 1.42. The van der Waals surface area contributed by atoms with Gasteiger partial charge in [0.25, 0.3) is 5.56 Å². The maximum atomic E-state index is 13.0. The van der Waals surface area contributed by atoms with E-state index < -0.39 is 0 Å². The number of thioether (sulfide) groups is 1. The van der Waals surface area contributed by atoms with Gasteiger partial charge in [0.15, 0.2) is 0 Å². The Hall–Kier alpha value is -3.66. The molecule has 33 heavy (non-hydrogen) atoms. The van der Waals surface area contributed by atoms with Crippen LogP contribution in [0.4, 0.5) is 5.69 Å². The fraction of sp³-hybridized carbons (Fsp3) is 0.261. The molecule has 0 radical (unpaired) electrons. The molecule has 0 saturated carbocycles. The Morgan fingerprint density at radius 2 is 1.79 bits per heavy atom. The van der Waals surface area contributed by atoms with Crippen molar-refractivity contribution in [3.63, 3.8) is 0 Å². The van der Waals surface area contributed by atoms with E-state index in [9.17, 15) is 9.59 Å². The fourth-order valence-electron chi connectivity index (χ4n) is 3.44. The number of benzene rings is 2. The predicted octanol–water partition coefficient (Wildman–Crippen LogP) is 3.20. The van der Waals surface area contributed by atoms with E-state index in [2.05, 4.69) is 27.8 Å². The number of aromatic nitrogens is 6. The zero-order valence-electron chi connectivity index (χ0n) is 18.9. The summed E-state index contributed by atoms with van der Waals surface area (Å²) in [5, 5.41) is 15.3. The fourth-order valence-corrected chi connectivity index (χ4v) is 4.27. The van der Waals surface area contributed by atoms with Crippen LogP contribution in [0.3, 0.4) is 0 Å². The molecular formula is C23H25N7O2S. The van der Waals surface area contributed by atoms with E-state index in [0.717, 1.165) is 16.9 Å². The van der Waals surface area contributed by atoms with Crippen molar-refractivity contribution in [2.24, 2.45) is 7.05 Å². The number of para-hydroxylation sites is 1. The van der Waals surface area contributed by atoms with Crippen LogP contribution in [0.1, 0.15) is 23.2 Å². The molecule has 10 heteroatoms. The van der Waals surface area contributed by atoms with Crippen LogP contribution in [0.5, 0.6) is 0 Å². The number of amides is 1. The Morgan fingerprint density at radius 1 is 1.03 bits per heavy atom. The van der Waals surface area contributed by atoms with Gasteiger partial charge >= 0.3 is 0 Å². The number of tetrazole rings is 1. The van der Waals surface area contributed by atoms with E-state index in [1.54, 1.807) is 16.4 Å². The van der Waals surface area contributed by atoms with Gasteiger partial charge in [0.1, 0.15) is 5.69 Å². The molecule has 4 aromatic rings. The monoisotopic (exact) mass is 463 g/mol. The summed E-state index contributed by atoms with van der Waals surface area (Å²) in [6.45, 7) is 5.90. The molecule has 0 unspecified atom stereocenters. The Bertz CT molecular complexity index is 1360. The molecule has 0 bridgehead atoms. The molecule has 0 saturated heterocycles. The minimum atomic E-state index is -0.263. The normalized spacial score (nSPS) is 11.0. The van der Waals surface area contributed by atoms with Gasteiger partial charge in [-0.25, -0.2) is 4.68 Å². The smallest absolute Gasteiger partial charge is 0.295 e. The zero-order valence-corrected chi connectivity index (χ0v) is 19.8. The summed E-state index contributed by atoms with van der Waals surface area (Å²) in [5.74, 6) is 0.231. The summed E-state index contributed by atoms with van der Waals surface area (Å²) >= 11 is 1.39. The number of hydrogen-bond acceptors (Lipinski definition) is 6. The van der Waals surface area contributed by atoms with Gasteiger partial charge in [-0.1, -0.05) is 36.0 Å². The van der Waals surface area contributed by atoms with Crippen molar-refractivity contribution in [1.82, 2.24) is 29.6 Å². The van der Waals surface area contributed by atoms with Crippen LogP contribution in [-0.4, -0.2) is 41.2 Å². The second kappa shape index (κ2) is 9.45. The summed E-state index contributed by atoms with van der Waals surface area (Å²) in [7, 11) is 1.79. The van der Waals surface area contributed by atoms with Gasteiger partial charge in [0, 0.05) is 19.2 Å². The lowest BCUT2D eigenvalue weighted by atomic mass is 10.1. The molecule has 2 aromatic heterocycles. The lowest BCUT2D eigenvalue weighted by Gasteiger charge is -2.07. The van der Waals surface area contributed by atoms with E-state index in [4.69, 9.17) is 0 Å². The standard InChI is InChI=1S/C23H25N7O2S/c1-15-10-11-19(14-16(15)2)29-23(25-26-27-29)33-13-12-20(31)24-21-17(3)28(4)30(22(21)32)18-8-6-5-7-9-18/h5-11,14H,12-13H2,1-4H3,(H,24,31). The number of nitrogens with one attached hydrogen (secondary N) is 1. The second-order valence-corrected chi connectivity index (χ2v) is 8.79. The number of carbonyl (C=O) groups excluding carboxylic acids is 1. The minimum absolute atomic E-state index is 0.212. The molecule has 2 heterocycles. The average molecular weight is 464 g/mol. The van der Waals surface area contributed by atoms with Gasteiger partial charge in [-0.2, -0.15) is 4.68 Å². The van der Waals surface area contributed by atoms with Crippen LogP contribution in [0, 0.1) is 20.8 Å². The van der Waals surface area contributed by atoms with E-state index in [1.165, 1.54) is 22.0 Å². The lowest BCUT2D eigenvalue weighted by Crippen LogP contribution is -2.23. The van der Waals surface area contributed by atoms with E-state index in [1.807, 2.05) is 62.4 Å². The predicted molar refractivity (Wildman–Crippen MR) is 128 cm³/mol. The molecular weight excluding hydrogens is 438 g/mol. The van der Waals surface area contributed by atoms with Crippen LogP contribution in [0.15, 0.2) is 58.5 Å². The summed E-state index contributed by atoms with van der Waals surface area (Å²) < 4.78 is 4.94. The maximum absolute atomic E-state index is 13.0. The van der Waals surface area contributed by atoms with Gasteiger partial charge in [-0.15, -0.1) is 5.10 Å². The summed E-state index contributed by atoms with van der Waals surface area (Å²) in [6, 6.07) is 15.3.